The summed E-state index contributed by atoms with van der Waals surface area (Å²) in [6.45, 7) is 2.66. The number of nitrogens with two attached hydrogens (primary N) is 1. The van der Waals surface area contributed by atoms with E-state index >= 15 is 0 Å². The molecule has 0 saturated carbocycles. The predicted octanol–water partition coefficient (Wildman–Crippen LogP) is -1.79. The number of amides is 4. The molecule has 0 saturated heterocycles. The molecule has 0 aliphatic heterocycles. The molecule has 13 heavy (non-hydrogen) atoms. The van der Waals surface area contributed by atoms with E-state index in [2.05, 4.69) is 5.32 Å². The van der Waals surface area contributed by atoms with Gasteiger partial charge in [-0.1, -0.05) is 0 Å². The number of primary amides is 1. The highest BCUT2D eigenvalue weighted by atomic mass is 16.2. The summed E-state index contributed by atoms with van der Waals surface area (Å²) < 4.78 is 0. The molecule has 0 aromatic heterocycles. The molecule has 0 radical (unpaired) electrons. The van der Waals surface area contributed by atoms with Crippen molar-refractivity contribution < 1.29 is 14.4 Å². The summed E-state index contributed by atoms with van der Waals surface area (Å²) in [6.07, 6.45) is 0. The Morgan fingerprint density at radius 1 is 1.23 bits per heavy atom. The fourth-order valence-corrected chi connectivity index (χ4v) is 0.449. The number of hydrogen-bond donors (Lipinski definition) is 4. The summed E-state index contributed by atoms with van der Waals surface area (Å²) in [7, 11) is 0. The molecule has 7 heteroatoms. The average Bonchev–Trinajstić information content (AvgIpc) is 2.00. The molecule has 0 bridgehead atoms. The lowest BCUT2D eigenvalue weighted by molar-refractivity contribution is -0.119. The van der Waals surface area contributed by atoms with Gasteiger partial charge in [-0.15, -0.1) is 0 Å². The van der Waals surface area contributed by atoms with E-state index in [1.807, 2.05) is 10.9 Å². The smallest absolute Gasteiger partial charge is 0.334 e. The van der Waals surface area contributed by atoms with Crippen molar-refractivity contribution in [3.8, 4) is 0 Å². The number of hydrazine groups is 1. The molecule has 0 aromatic rings. The van der Waals surface area contributed by atoms with Crippen LogP contribution in [0, 0.1) is 0 Å². The highest BCUT2D eigenvalue weighted by Crippen LogP contribution is 1.77. The Bertz CT molecular complexity index is 228. The third-order valence-electron chi connectivity index (χ3n) is 1.13. The summed E-state index contributed by atoms with van der Waals surface area (Å²) in [4.78, 5) is 31.6. The van der Waals surface area contributed by atoms with Crippen LogP contribution in [0.5, 0.6) is 0 Å². The number of carbonyl (C=O) groups excluding carboxylic acids is 3. The van der Waals surface area contributed by atoms with E-state index in [1.165, 1.54) is 13.8 Å². The lowest BCUT2D eigenvalue weighted by Gasteiger charge is -2.10. The Morgan fingerprint density at radius 3 is 2.15 bits per heavy atom. The van der Waals surface area contributed by atoms with Gasteiger partial charge in [0.15, 0.2) is 0 Å². The molecule has 1 atom stereocenters. The van der Waals surface area contributed by atoms with Crippen LogP contribution in [-0.4, -0.2) is 23.9 Å². The monoisotopic (exact) mass is 188 g/mol. The molecule has 0 aromatic carbocycles. The zero-order valence-electron chi connectivity index (χ0n) is 7.38. The largest absolute Gasteiger partial charge is 0.368 e. The zero-order valence-corrected chi connectivity index (χ0v) is 7.38. The van der Waals surface area contributed by atoms with Gasteiger partial charge in [0.2, 0.25) is 11.8 Å². The van der Waals surface area contributed by atoms with Crippen molar-refractivity contribution in [3.63, 3.8) is 0 Å². The quantitative estimate of drug-likeness (QED) is 0.384. The van der Waals surface area contributed by atoms with Crippen LogP contribution in [0.4, 0.5) is 4.79 Å². The molecule has 0 spiro atoms. The summed E-state index contributed by atoms with van der Waals surface area (Å²) in [5, 5.41) is 2.20. The minimum absolute atomic E-state index is 0.415. The van der Waals surface area contributed by atoms with Crippen molar-refractivity contribution in [3.05, 3.63) is 0 Å². The van der Waals surface area contributed by atoms with Crippen molar-refractivity contribution in [1.29, 1.82) is 0 Å². The highest BCUT2D eigenvalue weighted by Gasteiger charge is 2.11. The Kier molecular flexibility index (Phi) is 4.28. The van der Waals surface area contributed by atoms with Crippen LogP contribution in [-0.2, 0) is 9.59 Å². The standard InChI is InChI=1S/C6H12N4O3/c1-3(5(7)12)8-6(13)10-9-4(2)11/h3H,1-2H3,(H2,7,12)(H,9,11)(H2,8,10,13)/t3-/m0/s1. The van der Waals surface area contributed by atoms with E-state index in [9.17, 15) is 14.4 Å². The third-order valence-corrected chi connectivity index (χ3v) is 1.13. The highest BCUT2D eigenvalue weighted by molar-refractivity contribution is 5.86. The minimum atomic E-state index is -0.784. The van der Waals surface area contributed by atoms with Crippen molar-refractivity contribution in [2.75, 3.05) is 0 Å². The van der Waals surface area contributed by atoms with Crippen LogP contribution in [0.2, 0.25) is 0 Å². The van der Waals surface area contributed by atoms with Crippen LogP contribution in [0.1, 0.15) is 13.8 Å². The number of nitrogens with one attached hydrogen (secondary N) is 3. The van der Waals surface area contributed by atoms with Gasteiger partial charge in [0.05, 0.1) is 0 Å². The van der Waals surface area contributed by atoms with E-state index in [0.717, 1.165) is 0 Å². The second-order valence-corrected chi connectivity index (χ2v) is 2.40. The van der Waals surface area contributed by atoms with Gasteiger partial charge >= 0.3 is 6.03 Å². The number of rotatable bonds is 2. The maximum atomic E-state index is 10.8. The van der Waals surface area contributed by atoms with Crippen molar-refractivity contribution in [2.24, 2.45) is 5.73 Å². The summed E-state index contributed by atoms with van der Waals surface area (Å²) in [6, 6.07) is -1.48. The van der Waals surface area contributed by atoms with Gasteiger partial charge in [0.25, 0.3) is 0 Å². The Hall–Kier alpha value is -1.79. The van der Waals surface area contributed by atoms with Gasteiger partial charge in [-0.3, -0.25) is 15.0 Å². The lowest BCUT2D eigenvalue weighted by atomic mass is 10.3. The number of hydrogen-bond acceptors (Lipinski definition) is 3. The fourth-order valence-electron chi connectivity index (χ4n) is 0.449. The summed E-state index contributed by atoms with van der Waals surface area (Å²) in [5.41, 5.74) is 8.92. The molecule has 4 amide bonds. The van der Waals surface area contributed by atoms with Crippen molar-refractivity contribution in [1.82, 2.24) is 16.2 Å². The minimum Gasteiger partial charge on any atom is -0.368 e. The van der Waals surface area contributed by atoms with Crippen molar-refractivity contribution >= 4 is 17.8 Å². The molecule has 5 N–H and O–H groups in total. The summed E-state index contributed by atoms with van der Waals surface area (Å²) in [5.74, 6) is -1.07. The van der Waals surface area contributed by atoms with Crippen LogP contribution in [0.15, 0.2) is 0 Å². The molecule has 0 unspecified atom stereocenters. The first kappa shape index (κ1) is 11.2. The van der Waals surface area contributed by atoms with Crippen LogP contribution < -0.4 is 21.9 Å². The Balaban J connectivity index is 3.74. The maximum absolute atomic E-state index is 10.8. The predicted molar refractivity (Wildman–Crippen MR) is 44.1 cm³/mol. The van der Waals surface area contributed by atoms with Gasteiger partial charge in [0.1, 0.15) is 6.04 Å². The number of carbonyl (C=O) groups is 3. The maximum Gasteiger partial charge on any atom is 0.334 e. The van der Waals surface area contributed by atoms with Crippen molar-refractivity contribution in [2.45, 2.75) is 19.9 Å². The van der Waals surface area contributed by atoms with Gasteiger partial charge in [0, 0.05) is 6.92 Å². The topological polar surface area (TPSA) is 113 Å². The Morgan fingerprint density at radius 2 is 1.77 bits per heavy atom. The van der Waals surface area contributed by atoms with E-state index in [-0.39, 0.29) is 0 Å². The van der Waals surface area contributed by atoms with E-state index in [0.29, 0.717) is 0 Å². The van der Waals surface area contributed by atoms with Gasteiger partial charge < -0.3 is 11.1 Å². The molecule has 0 fully saturated rings. The third kappa shape index (κ3) is 5.48. The first-order valence-corrected chi connectivity index (χ1v) is 3.56. The Labute approximate surface area is 75.0 Å². The van der Waals surface area contributed by atoms with Crippen LogP contribution in [0.3, 0.4) is 0 Å². The van der Waals surface area contributed by atoms with Crippen LogP contribution >= 0.6 is 0 Å². The zero-order chi connectivity index (χ0) is 10.4. The molecule has 0 aliphatic carbocycles. The van der Waals surface area contributed by atoms with E-state index in [1.54, 1.807) is 0 Å². The molecular formula is C6H12N4O3. The second-order valence-electron chi connectivity index (χ2n) is 2.40. The SMILES string of the molecule is CC(=O)NNC(=O)N[C@@H](C)C(N)=O. The fraction of sp³-hybridized carbons (Fsp3) is 0.500. The van der Waals surface area contributed by atoms with Gasteiger partial charge in [-0.05, 0) is 6.92 Å². The second kappa shape index (κ2) is 4.96. The molecule has 0 aliphatic rings. The normalized spacial score (nSPS) is 11.2. The van der Waals surface area contributed by atoms with Gasteiger partial charge in [-0.25, -0.2) is 10.2 Å². The first-order valence-electron chi connectivity index (χ1n) is 3.56. The molecule has 0 rings (SSSR count). The van der Waals surface area contributed by atoms with Crippen LogP contribution in [0.25, 0.3) is 0 Å². The van der Waals surface area contributed by atoms with Gasteiger partial charge in [-0.2, -0.15) is 0 Å². The molecule has 0 heterocycles. The first-order chi connectivity index (χ1) is 5.93. The number of urea groups is 1. The molecule has 7 nitrogen and oxygen atoms in total. The molecule has 74 valence electrons. The lowest BCUT2D eigenvalue weighted by Crippen LogP contribution is -2.51. The average molecular weight is 188 g/mol. The summed E-state index contributed by atoms with van der Waals surface area (Å²) >= 11 is 0. The molecular weight excluding hydrogens is 176 g/mol. The van der Waals surface area contributed by atoms with E-state index in [4.69, 9.17) is 5.73 Å². The van der Waals surface area contributed by atoms with E-state index < -0.39 is 23.9 Å².